The van der Waals surface area contributed by atoms with Crippen LogP contribution in [-0.2, 0) is 7.05 Å². The van der Waals surface area contributed by atoms with E-state index in [9.17, 15) is 0 Å². The van der Waals surface area contributed by atoms with Crippen LogP contribution in [0.25, 0.3) is 22.3 Å². The lowest BCUT2D eigenvalue weighted by Gasteiger charge is -2.20. The first kappa shape index (κ1) is 14.9. The van der Waals surface area contributed by atoms with Crippen LogP contribution in [0.3, 0.4) is 0 Å². The standard InChI is InChI=1S/C17H21N7/c1-23-15(18)13-14(12-6-3-2-4-7-12)20-17(21-16(13)22-23)24-10-5-8-19-9-11-24/h2-4,6-7,19H,5,8-11,18H2,1H3. The number of nitrogen functional groups attached to an aromatic ring is 1. The van der Waals surface area contributed by atoms with Crippen molar-refractivity contribution in [2.75, 3.05) is 36.8 Å². The molecule has 3 aromatic rings. The van der Waals surface area contributed by atoms with E-state index in [1.165, 1.54) is 0 Å². The van der Waals surface area contributed by atoms with Crippen LogP contribution in [0, 0.1) is 0 Å². The molecule has 0 bridgehead atoms. The molecule has 0 spiro atoms. The number of fused-ring (bicyclic) bond motifs is 1. The number of nitrogens with one attached hydrogen (secondary N) is 1. The van der Waals surface area contributed by atoms with Gasteiger partial charge in [-0.1, -0.05) is 30.3 Å². The van der Waals surface area contributed by atoms with Crippen LogP contribution >= 0.6 is 0 Å². The van der Waals surface area contributed by atoms with E-state index >= 15 is 0 Å². The molecule has 3 N–H and O–H groups in total. The van der Waals surface area contributed by atoms with E-state index < -0.39 is 0 Å². The van der Waals surface area contributed by atoms with Crippen LogP contribution in [0.4, 0.5) is 11.8 Å². The minimum absolute atomic E-state index is 0.591. The molecule has 1 aliphatic rings. The van der Waals surface area contributed by atoms with Gasteiger partial charge in [0.2, 0.25) is 5.95 Å². The van der Waals surface area contributed by atoms with E-state index in [-0.39, 0.29) is 0 Å². The molecular weight excluding hydrogens is 302 g/mol. The van der Waals surface area contributed by atoms with Crippen molar-refractivity contribution in [2.45, 2.75) is 6.42 Å². The summed E-state index contributed by atoms with van der Waals surface area (Å²) in [6.07, 6.45) is 1.08. The second-order valence-electron chi connectivity index (χ2n) is 6.04. The summed E-state index contributed by atoms with van der Waals surface area (Å²) in [4.78, 5) is 11.8. The van der Waals surface area contributed by atoms with E-state index in [2.05, 4.69) is 20.3 Å². The van der Waals surface area contributed by atoms with Crippen molar-refractivity contribution in [3.05, 3.63) is 30.3 Å². The molecule has 0 saturated carbocycles. The molecule has 0 amide bonds. The smallest absolute Gasteiger partial charge is 0.228 e. The number of hydrogen-bond donors (Lipinski definition) is 2. The summed E-state index contributed by atoms with van der Waals surface area (Å²) in [7, 11) is 1.83. The highest BCUT2D eigenvalue weighted by Gasteiger charge is 2.20. The van der Waals surface area contributed by atoms with E-state index in [0.29, 0.717) is 11.5 Å². The fourth-order valence-corrected chi connectivity index (χ4v) is 3.10. The number of rotatable bonds is 2. The molecular formula is C17H21N7. The van der Waals surface area contributed by atoms with Crippen molar-refractivity contribution >= 4 is 22.8 Å². The number of aromatic nitrogens is 4. The lowest BCUT2D eigenvalue weighted by atomic mass is 10.1. The molecule has 0 aliphatic carbocycles. The highest BCUT2D eigenvalue weighted by atomic mass is 15.3. The van der Waals surface area contributed by atoms with Gasteiger partial charge in [0.25, 0.3) is 0 Å². The van der Waals surface area contributed by atoms with E-state index in [4.69, 9.17) is 10.7 Å². The maximum absolute atomic E-state index is 6.23. The van der Waals surface area contributed by atoms with Crippen LogP contribution < -0.4 is 16.0 Å². The van der Waals surface area contributed by atoms with E-state index in [0.717, 1.165) is 55.2 Å². The first-order valence-corrected chi connectivity index (χ1v) is 8.25. The molecule has 3 heterocycles. The number of aryl methyl sites for hydroxylation is 1. The van der Waals surface area contributed by atoms with Gasteiger partial charge < -0.3 is 16.0 Å². The number of anilines is 2. The molecule has 124 valence electrons. The molecule has 2 aromatic heterocycles. The molecule has 1 aliphatic heterocycles. The van der Waals surface area contributed by atoms with Crippen LogP contribution in [0.5, 0.6) is 0 Å². The van der Waals surface area contributed by atoms with Gasteiger partial charge >= 0.3 is 0 Å². The van der Waals surface area contributed by atoms with Gasteiger partial charge in [0.05, 0.1) is 11.1 Å². The molecule has 1 fully saturated rings. The second kappa shape index (κ2) is 6.09. The van der Waals surface area contributed by atoms with Gasteiger partial charge in [0.15, 0.2) is 5.65 Å². The molecule has 7 heteroatoms. The molecule has 0 radical (unpaired) electrons. The minimum atomic E-state index is 0.591. The zero-order valence-electron chi connectivity index (χ0n) is 13.7. The van der Waals surface area contributed by atoms with Crippen LogP contribution in [0.1, 0.15) is 6.42 Å². The summed E-state index contributed by atoms with van der Waals surface area (Å²) in [6, 6.07) is 10.1. The Morgan fingerprint density at radius 3 is 2.75 bits per heavy atom. The van der Waals surface area contributed by atoms with Gasteiger partial charge in [0.1, 0.15) is 5.82 Å². The fraction of sp³-hybridized carbons (Fsp3) is 0.353. The first-order valence-electron chi connectivity index (χ1n) is 8.25. The zero-order chi connectivity index (χ0) is 16.5. The highest BCUT2D eigenvalue weighted by Crippen LogP contribution is 2.31. The second-order valence-corrected chi connectivity index (χ2v) is 6.04. The quantitative estimate of drug-likeness (QED) is 0.742. The third-order valence-corrected chi connectivity index (χ3v) is 4.40. The molecule has 1 aromatic carbocycles. The Bertz CT molecular complexity index is 848. The predicted octanol–water partition coefficient (Wildman–Crippen LogP) is 1.41. The SMILES string of the molecule is Cn1nc2nc(N3CCCNCC3)nc(-c3ccccc3)c2c1N. The third-order valence-electron chi connectivity index (χ3n) is 4.40. The van der Waals surface area contributed by atoms with Gasteiger partial charge in [0, 0.05) is 32.2 Å². The Morgan fingerprint density at radius 2 is 1.92 bits per heavy atom. The number of benzene rings is 1. The Kier molecular flexibility index (Phi) is 3.78. The molecule has 7 nitrogen and oxygen atoms in total. The average molecular weight is 323 g/mol. The Labute approximate surface area is 140 Å². The Balaban J connectivity index is 1.91. The van der Waals surface area contributed by atoms with Crippen molar-refractivity contribution in [1.29, 1.82) is 0 Å². The minimum Gasteiger partial charge on any atom is -0.383 e. The van der Waals surface area contributed by atoms with Gasteiger partial charge in [-0.2, -0.15) is 10.1 Å². The van der Waals surface area contributed by atoms with Crippen molar-refractivity contribution in [3.63, 3.8) is 0 Å². The summed E-state index contributed by atoms with van der Waals surface area (Å²) in [5, 5.41) is 8.70. The zero-order valence-corrected chi connectivity index (χ0v) is 13.7. The first-order chi connectivity index (χ1) is 11.7. The Hall–Kier alpha value is -2.67. The molecule has 0 unspecified atom stereocenters. The number of nitrogens with zero attached hydrogens (tertiary/aromatic N) is 5. The van der Waals surface area contributed by atoms with Gasteiger partial charge in [-0.3, -0.25) is 4.68 Å². The summed E-state index contributed by atoms with van der Waals surface area (Å²) in [6.45, 7) is 3.80. The van der Waals surface area contributed by atoms with E-state index in [1.807, 2.05) is 37.4 Å². The topological polar surface area (TPSA) is 84.9 Å². The molecule has 4 rings (SSSR count). The van der Waals surface area contributed by atoms with Crippen molar-refractivity contribution < 1.29 is 0 Å². The monoisotopic (exact) mass is 323 g/mol. The molecule has 24 heavy (non-hydrogen) atoms. The Morgan fingerprint density at radius 1 is 1.08 bits per heavy atom. The maximum Gasteiger partial charge on any atom is 0.228 e. The van der Waals surface area contributed by atoms with Gasteiger partial charge in [-0.05, 0) is 13.0 Å². The lowest BCUT2D eigenvalue weighted by molar-refractivity contribution is 0.724. The number of hydrogen-bond acceptors (Lipinski definition) is 6. The molecule has 0 atom stereocenters. The summed E-state index contributed by atoms with van der Waals surface area (Å²) >= 11 is 0. The van der Waals surface area contributed by atoms with Crippen molar-refractivity contribution in [3.8, 4) is 11.3 Å². The summed E-state index contributed by atoms with van der Waals surface area (Å²) < 4.78 is 1.67. The maximum atomic E-state index is 6.23. The van der Waals surface area contributed by atoms with Crippen LogP contribution in [0.15, 0.2) is 30.3 Å². The third kappa shape index (κ3) is 2.56. The largest absolute Gasteiger partial charge is 0.383 e. The summed E-state index contributed by atoms with van der Waals surface area (Å²) in [5.74, 6) is 1.32. The average Bonchev–Trinajstić information content (AvgIpc) is 2.81. The van der Waals surface area contributed by atoms with Gasteiger partial charge in [-0.25, -0.2) is 4.98 Å². The van der Waals surface area contributed by atoms with Gasteiger partial charge in [-0.15, -0.1) is 0 Å². The van der Waals surface area contributed by atoms with Crippen LogP contribution in [-0.4, -0.2) is 45.9 Å². The predicted molar refractivity (Wildman–Crippen MR) is 95.9 cm³/mol. The normalized spacial score (nSPS) is 15.6. The fourth-order valence-electron chi connectivity index (χ4n) is 3.10. The lowest BCUT2D eigenvalue weighted by Crippen LogP contribution is -2.29. The van der Waals surface area contributed by atoms with Crippen LogP contribution in [0.2, 0.25) is 0 Å². The molecule has 1 saturated heterocycles. The highest BCUT2D eigenvalue weighted by molar-refractivity contribution is 5.98. The number of nitrogens with two attached hydrogens (primary N) is 1. The summed E-state index contributed by atoms with van der Waals surface area (Å²) in [5.41, 5.74) is 8.75. The van der Waals surface area contributed by atoms with Crippen molar-refractivity contribution in [2.24, 2.45) is 7.05 Å². The van der Waals surface area contributed by atoms with E-state index in [1.54, 1.807) is 4.68 Å². The van der Waals surface area contributed by atoms with Crippen molar-refractivity contribution in [1.82, 2.24) is 25.1 Å².